The molecule has 2 atom stereocenters. The Morgan fingerprint density at radius 3 is 1.96 bits per heavy atom. The molecule has 0 spiro atoms. The molecule has 146 valence electrons. The predicted molar refractivity (Wildman–Crippen MR) is 126 cm³/mol. The van der Waals surface area contributed by atoms with Crippen LogP contribution in [0.5, 0.6) is 0 Å². The van der Waals surface area contributed by atoms with Crippen LogP contribution in [0.4, 0.5) is 0 Å². The molecule has 11 heteroatoms. The SMILES string of the molecule is CC(S)CSCC(C)S.O=S(=O)(Cl)c1ccccc1CC[Si](Cl)(Cl)Cl. The van der Waals surface area contributed by atoms with Crippen LogP contribution in [0.1, 0.15) is 19.4 Å². The molecule has 2 unspecified atom stereocenters. The summed E-state index contributed by atoms with van der Waals surface area (Å²) >= 11 is 27.6. The lowest BCUT2D eigenvalue weighted by atomic mass is 10.2. The summed E-state index contributed by atoms with van der Waals surface area (Å²) in [6.45, 7) is 4.22. The van der Waals surface area contributed by atoms with Gasteiger partial charge in [0.15, 0.2) is 0 Å². The number of benzene rings is 1. The van der Waals surface area contributed by atoms with Gasteiger partial charge in [-0.15, -0.1) is 33.2 Å². The zero-order valence-corrected chi connectivity index (χ0v) is 21.3. The van der Waals surface area contributed by atoms with E-state index in [0.717, 1.165) is 11.5 Å². The largest absolute Gasteiger partial charge is 0.341 e. The Morgan fingerprint density at radius 1 is 1.08 bits per heavy atom. The maximum absolute atomic E-state index is 11.3. The van der Waals surface area contributed by atoms with Gasteiger partial charge in [0, 0.05) is 32.7 Å². The highest BCUT2D eigenvalue weighted by molar-refractivity contribution is 8.13. The van der Waals surface area contributed by atoms with Crippen LogP contribution in [0.15, 0.2) is 29.2 Å². The third-order valence-corrected chi connectivity index (χ3v) is 8.90. The van der Waals surface area contributed by atoms with E-state index in [1.54, 1.807) is 18.2 Å². The second-order valence-corrected chi connectivity index (χ2v) is 20.0. The maximum Gasteiger partial charge on any atom is 0.341 e. The Hall–Kier alpha value is 1.60. The quantitative estimate of drug-likeness (QED) is 0.186. The van der Waals surface area contributed by atoms with E-state index in [0.29, 0.717) is 28.5 Å². The summed E-state index contributed by atoms with van der Waals surface area (Å²) in [4.78, 5) is 0.0833. The van der Waals surface area contributed by atoms with E-state index >= 15 is 0 Å². The van der Waals surface area contributed by atoms with Crippen molar-refractivity contribution in [2.45, 2.75) is 41.7 Å². The molecule has 0 fully saturated rings. The minimum absolute atomic E-state index is 0.0833. The Labute approximate surface area is 186 Å². The van der Waals surface area contributed by atoms with Crippen molar-refractivity contribution < 1.29 is 8.42 Å². The molecule has 2 nitrogen and oxygen atoms in total. The van der Waals surface area contributed by atoms with Gasteiger partial charge in [0.1, 0.15) is 0 Å². The third-order valence-electron chi connectivity index (χ3n) is 2.63. The zero-order chi connectivity index (χ0) is 19.7. The van der Waals surface area contributed by atoms with Crippen molar-refractivity contribution in [3.63, 3.8) is 0 Å². The monoisotopic (exact) mass is 518 g/mol. The molecule has 0 N–H and O–H groups in total. The van der Waals surface area contributed by atoms with Crippen molar-refractivity contribution in [1.82, 2.24) is 0 Å². The second-order valence-electron chi connectivity index (χ2n) is 5.40. The van der Waals surface area contributed by atoms with E-state index in [2.05, 4.69) is 39.1 Å². The smallest absolute Gasteiger partial charge is 0.207 e. The number of hydrogen-bond acceptors (Lipinski definition) is 5. The van der Waals surface area contributed by atoms with Crippen molar-refractivity contribution in [2.75, 3.05) is 11.5 Å². The Morgan fingerprint density at radius 2 is 1.56 bits per heavy atom. The molecule has 1 aromatic carbocycles. The summed E-state index contributed by atoms with van der Waals surface area (Å²) in [6, 6.07) is 4.05. The normalized spacial score (nSPS) is 14.4. The van der Waals surface area contributed by atoms with Crippen molar-refractivity contribution in [3.05, 3.63) is 29.8 Å². The predicted octanol–water partition coefficient (Wildman–Crippen LogP) is 6.17. The molecule has 0 bridgehead atoms. The van der Waals surface area contributed by atoms with E-state index in [9.17, 15) is 8.42 Å². The van der Waals surface area contributed by atoms with Gasteiger partial charge < -0.3 is 0 Å². The molecule has 0 heterocycles. The van der Waals surface area contributed by atoms with Gasteiger partial charge >= 0.3 is 6.00 Å². The summed E-state index contributed by atoms with van der Waals surface area (Å²) < 4.78 is 22.5. The fourth-order valence-electron chi connectivity index (χ4n) is 1.63. The molecule has 0 aliphatic heterocycles. The number of halogens is 4. The van der Waals surface area contributed by atoms with Crippen LogP contribution in [0.25, 0.3) is 0 Å². The molecule has 0 aromatic heterocycles. The van der Waals surface area contributed by atoms with E-state index < -0.39 is 15.1 Å². The van der Waals surface area contributed by atoms with Gasteiger partial charge in [-0.05, 0) is 24.1 Å². The van der Waals surface area contributed by atoms with Gasteiger partial charge in [-0.25, -0.2) is 8.42 Å². The Kier molecular flexibility index (Phi) is 13.8. The highest BCUT2D eigenvalue weighted by atomic mass is 35.8. The maximum atomic E-state index is 11.3. The van der Waals surface area contributed by atoms with Crippen LogP contribution in [0, 0.1) is 0 Å². The summed E-state index contributed by atoms with van der Waals surface area (Å²) in [5.41, 5.74) is 0.580. The molecule has 0 radical (unpaired) electrons. The minimum Gasteiger partial charge on any atom is -0.207 e. The van der Waals surface area contributed by atoms with Gasteiger partial charge in [-0.1, -0.05) is 32.0 Å². The average Bonchev–Trinajstić information content (AvgIpc) is 2.43. The lowest BCUT2D eigenvalue weighted by Gasteiger charge is -2.09. The molecule has 0 amide bonds. The highest BCUT2D eigenvalue weighted by Crippen LogP contribution is 2.29. The van der Waals surface area contributed by atoms with Crippen LogP contribution in [0.2, 0.25) is 6.04 Å². The molecular weight excluding hydrogens is 498 g/mol. The number of rotatable bonds is 8. The number of hydrogen-bond donors (Lipinski definition) is 2. The van der Waals surface area contributed by atoms with Gasteiger partial charge in [0.2, 0.25) is 0 Å². The summed E-state index contributed by atoms with van der Waals surface area (Å²) in [5.74, 6) is 2.27. The van der Waals surface area contributed by atoms with Gasteiger partial charge in [-0.3, -0.25) is 0 Å². The van der Waals surface area contributed by atoms with E-state index in [-0.39, 0.29) is 4.90 Å². The molecule has 0 saturated carbocycles. The molecule has 0 saturated heterocycles. The Bertz CT molecular complexity index is 599. The molecule has 1 rings (SSSR count). The third kappa shape index (κ3) is 15.2. The highest BCUT2D eigenvalue weighted by Gasteiger charge is 2.25. The first-order valence-electron chi connectivity index (χ1n) is 7.36. The first-order valence-corrected chi connectivity index (χ1v) is 17.1. The van der Waals surface area contributed by atoms with Crippen LogP contribution in [-0.2, 0) is 15.5 Å². The lowest BCUT2D eigenvalue weighted by molar-refractivity contribution is 0.608. The van der Waals surface area contributed by atoms with Gasteiger partial charge in [0.05, 0.1) is 4.90 Å². The minimum atomic E-state index is -3.74. The van der Waals surface area contributed by atoms with Crippen molar-refractivity contribution >= 4 is 96.0 Å². The first kappa shape index (κ1) is 26.6. The van der Waals surface area contributed by atoms with Crippen LogP contribution in [-0.4, -0.2) is 36.4 Å². The topological polar surface area (TPSA) is 34.1 Å². The van der Waals surface area contributed by atoms with Crippen LogP contribution < -0.4 is 0 Å². The lowest BCUT2D eigenvalue weighted by Crippen LogP contribution is -2.11. The molecule has 1 aromatic rings. The van der Waals surface area contributed by atoms with Crippen molar-refractivity contribution in [2.24, 2.45) is 0 Å². The standard InChI is InChI=1S/C8H8Cl4O2SSi.C6H14S3/c9-15(13,14)8-4-2-1-3-7(8)5-6-16(10,11)12;1-5(7)3-9-4-6(2)8/h1-4H,5-6H2;5-8H,3-4H2,1-2H3. The molecular formula is C14H22Cl4O2S4Si. The van der Waals surface area contributed by atoms with Crippen molar-refractivity contribution in [1.29, 1.82) is 0 Å². The van der Waals surface area contributed by atoms with E-state index in [1.807, 2.05) is 11.8 Å². The van der Waals surface area contributed by atoms with E-state index in [1.165, 1.54) is 6.07 Å². The molecule has 0 aliphatic carbocycles. The summed E-state index contributed by atoms with van der Waals surface area (Å²) in [6.07, 6.45) is 0.394. The summed E-state index contributed by atoms with van der Waals surface area (Å²) in [7, 11) is 1.56. The number of thioether (sulfide) groups is 1. The van der Waals surface area contributed by atoms with Gasteiger partial charge in [-0.2, -0.15) is 37.0 Å². The number of thiol groups is 2. The zero-order valence-electron chi connectivity index (χ0n) is 13.8. The second kappa shape index (κ2) is 12.9. The first-order chi connectivity index (χ1) is 11.3. The fraction of sp³-hybridized carbons (Fsp3) is 0.571. The Balaban J connectivity index is 0.000000547. The fourth-order valence-corrected chi connectivity index (χ4v) is 5.66. The molecule has 0 aliphatic rings. The van der Waals surface area contributed by atoms with Gasteiger partial charge in [0.25, 0.3) is 9.05 Å². The van der Waals surface area contributed by atoms with Crippen molar-refractivity contribution in [3.8, 4) is 0 Å². The van der Waals surface area contributed by atoms with E-state index in [4.69, 9.17) is 43.9 Å². The average molecular weight is 520 g/mol. The summed E-state index contributed by atoms with van der Waals surface area (Å²) in [5, 5.41) is 1.03. The van der Waals surface area contributed by atoms with Crippen LogP contribution in [0.3, 0.4) is 0 Å². The molecule has 25 heavy (non-hydrogen) atoms. The number of aryl methyl sites for hydroxylation is 1. The van der Waals surface area contributed by atoms with Crippen LogP contribution >= 0.6 is 80.9 Å².